The van der Waals surface area contributed by atoms with Crippen LogP contribution in [0.4, 0.5) is 0 Å². The highest BCUT2D eigenvalue weighted by atomic mass is 16.6. The van der Waals surface area contributed by atoms with E-state index in [-0.39, 0.29) is 50.4 Å². The van der Waals surface area contributed by atoms with Crippen molar-refractivity contribution in [2.75, 3.05) is 26.2 Å². The third-order valence-electron chi connectivity index (χ3n) is 5.73. The van der Waals surface area contributed by atoms with Gasteiger partial charge in [0.15, 0.2) is 0 Å². The first-order chi connectivity index (χ1) is 15.9. The van der Waals surface area contributed by atoms with Crippen LogP contribution in [0.15, 0.2) is 24.3 Å². The number of nitrogens with zero attached hydrogens (tertiary/aromatic N) is 2. The molecule has 6 amide bonds. The zero-order chi connectivity index (χ0) is 25.5. The molecule has 2 unspecified atom stereocenters. The van der Waals surface area contributed by atoms with Gasteiger partial charge in [-0.1, -0.05) is 19.9 Å². The van der Waals surface area contributed by atoms with Gasteiger partial charge in [-0.15, -0.1) is 0 Å². The second-order valence-electron chi connectivity index (χ2n) is 9.15. The van der Waals surface area contributed by atoms with Gasteiger partial charge in [-0.25, -0.2) is 0 Å². The number of carbonyl (C=O) groups is 6. The molecule has 1 fully saturated rings. The molecule has 2 atom stereocenters. The van der Waals surface area contributed by atoms with E-state index in [4.69, 9.17) is 4.74 Å². The fourth-order valence-electron chi connectivity index (χ4n) is 3.77. The molecular formula is C23H32N4O7. The van der Waals surface area contributed by atoms with Gasteiger partial charge in [-0.3, -0.25) is 38.6 Å². The van der Waals surface area contributed by atoms with Crippen molar-refractivity contribution < 1.29 is 33.5 Å². The van der Waals surface area contributed by atoms with Crippen LogP contribution in [0, 0.1) is 5.41 Å². The molecule has 2 heterocycles. The fourth-order valence-corrected chi connectivity index (χ4v) is 3.77. The Balaban J connectivity index is 1.72. The maximum atomic E-state index is 12.2. The van der Waals surface area contributed by atoms with Crippen LogP contribution >= 0.6 is 0 Å². The maximum absolute atomic E-state index is 12.2. The predicted molar refractivity (Wildman–Crippen MR) is 121 cm³/mol. The van der Waals surface area contributed by atoms with Crippen LogP contribution in [0.1, 0.15) is 40.5 Å². The molecule has 0 aromatic carbocycles. The van der Waals surface area contributed by atoms with Gasteiger partial charge in [0.05, 0.1) is 6.10 Å². The quantitative estimate of drug-likeness (QED) is 0.160. The third kappa shape index (κ3) is 7.08. The standard InChI is InChI=1S/C23H32N4O7/c1-5-6-18(31)26(15-28)11-9-16(29)24-13-22(2,3)21-23(4,34-21)14-25-17(30)10-12-27-19(32)7-8-20(27)33/h5-8,15,21H,9-14H2,1-4H3,(H,24,29)(H,25,30)/b6-5-. The van der Waals surface area contributed by atoms with Gasteiger partial charge in [-0.2, -0.15) is 0 Å². The Morgan fingerprint density at radius 2 is 1.76 bits per heavy atom. The van der Waals surface area contributed by atoms with Gasteiger partial charge in [-0.05, 0) is 19.9 Å². The van der Waals surface area contributed by atoms with Crippen molar-refractivity contribution in [3.63, 3.8) is 0 Å². The van der Waals surface area contributed by atoms with E-state index in [2.05, 4.69) is 10.6 Å². The zero-order valence-electron chi connectivity index (χ0n) is 20.0. The smallest absolute Gasteiger partial charge is 0.253 e. The maximum Gasteiger partial charge on any atom is 0.253 e. The number of imide groups is 2. The number of carbonyl (C=O) groups excluding carboxylic acids is 6. The van der Waals surface area contributed by atoms with Crippen molar-refractivity contribution in [2.24, 2.45) is 5.41 Å². The van der Waals surface area contributed by atoms with Crippen LogP contribution < -0.4 is 10.6 Å². The van der Waals surface area contributed by atoms with Crippen molar-refractivity contribution in [2.45, 2.75) is 52.2 Å². The zero-order valence-corrected chi connectivity index (χ0v) is 20.0. The number of hydrogen-bond acceptors (Lipinski definition) is 7. The molecule has 2 N–H and O–H groups in total. The van der Waals surface area contributed by atoms with Crippen LogP contribution in [0.3, 0.4) is 0 Å². The molecule has 1 saturated heterocycles. The van der Waals surface area contributed by atoms with Gasteiger partial charge in [0.1, 0.15) is 5.60 Å². The molecule has 2 aliphatic heterocycles. The SMILES string of the molecule is C/C=C\C(=O)N(C=O)CCC(=O)NCC(C)(C)C1OC1(C)CNC(=O)CCN1C(=O)C=CC1=O. The van der Waals surface area contributed by atoms with Gasteiger partial charge >= 0.3 is 0 Å². The van der Waals surface area contributed by atoms with Crippen molar-refractivity contribution in [3.05, 3.63) is 24.3 Å². The van der Waals surface area contributed by atoms with Gasteiger partial charge in [0.25, 0.3) is 17.7 Å². The lowest BCUT2D eigenvalue weighted by Gasteiger charge is -2.25. The largest absolute Gasteiger partial charge is 0.364 e. The molecular weight excluding hydrogens is 444 g/mol. The van der Waals surface area contributed by atoms with E-state index in [1.165, 1.54) is 24.3 Å². The van der Waals surface area contributed by atoms with Gasteiger partial charge < -0.3 is 15.4 Å². The summed E-state index contributed by atoms with van der Waals surface area (Å²) in [6.45, 7) is 7.90. The first kappa shape index (κ1) is 26.9. The molecule has 186 valence electrons. The third-order valence-corrected chi connectivity index (χ3v) is 5.73. The van der Waals surface area contributed by atoms with Gasteiger partial charge in [0, 0.05) is 56.6 Å². The lowest BCUT2D eigenvalue weighted by Crippen LogP contribution is -2.43. The summed E-state index contributed by atoms with van der Waals surface area (Å²) >= 11 is 0. The number of allylic oxidation sites excluding steroid dienone is 1. The van der Waals surface area contributed by atoms with Crippen molar-refractivity contribution in [3.8, 4) is 0 Å². The molecule has 0 spiro atoms. The highest BCUT2D eigenvalue weighted by Gasteiger charge is 2.59. The molecule has 11 nitrogen and oxygen atoms in total. The minimum absolute atomic E-state index is 0.00624. The van der Waals surface area contributed by atoms with E-state index in [1.807, 2.05) is 20.8 Å². The van der Waals surface area contributed by atoms with Crippen LogP contribution in [-0.2, 0) is 33.5 Å². The van der Waals surface area contributed by atoms with E-state index in [9.17, 15) is 28.8 Å². The molecule has 11 heteroatoms. The van der Waals surface area contributed by atoms with E-state index in [1.54, 1.807) is 6.92 Å². The van der Waals surface area contributed by atoms with Crippen LogP contribution in [0.5, 0.6) is 0 Å². The lowest BCUT2D eigenvalue weighted by molar-refractivity contribution is -0.138. The summed E-state index contributed by atoms with van der Waals surface area (Å²) in [7, 11) is 0. The molecule has 34 heavy (non-hydrogen) atoms. The molecule has 0 aromatic rings. The van der Waals surface area contributed by atoms with Crippen molar-refractivity contribution in [1.29, 1.82) is 0 Å². The summed E-state index contributed by atoms with van der Waals surface area (Å²) in [5, 5.41) is 5.57. The lowest BCUT2D eigenvalue weighted by atomic mass is 9.83. The second kappa shape index (κ2) is 11.2. The Morgan fingerprint density at radius 3 is 2.35 bits per heavy atom. The Hall–Kier alpha value is -3.34. The van der Waals surface area contributed by atoms with Crippen molar-refractivity contribution in [1.82, 2.24) is 20.4 Å². The van der Waals surface area contributed by atoms with E-state index >= 15 is 0 Å². The van der Waals surface area contributed by atoms with Gasteiger partial charge in [0.2, 0.25) is 18.2 Å². The summed E-state index contributed by atoms with van der Waals surface area (Å²) in [5.41, 5.74) is -1.06. The minimum Gasteiger partial charge on any atom is -0.364 e. The number of ether oxygens (including phenoxy) is 1. The molecule has 2 rings (SSSR count). The van der Waals surface area contributed by atoms with Crippen LogP contribution in [0.25, 0.3) is 0 Å². The summed E-state index contributed by atoms with van der Waals surface area (Å²) in [5.74, 6) is -1.94. The van der Waals surface area contributed by atoms with E-state index in [0.29, 0.717) is 13.0 Å². The number of hydrogen-bond donors (Lipinski definition) is 2. The number of amides is 6. The number of epoxide rings is 1. The fraction of sp³-hybridized carbons (Fsp3) is 0.565. The number of rotatable bonds is 13. The molecule has 0 bridgehead atoms. The number of nitrogens with one attached hydrogen (secondary N) is 2. The molecule has 0 saturated carbocycles. The average Bonchev–Trinajstić information content (AvgIpc) is 3.38. The highest BCUT2D eigenvalue weighted by Crippen LogP contribution is 2.46. The minimum atomic E-state index is -0.613. The topological polar surface area (TPSA) is 145 Å². The Morgan fingerprint density at radius 1 is 1.15 bits per heavy atom. The Labute approximate surface area is 198 Å². The monoisotopic (exact) mass is 476 g/mol. The average molecular weight is 477 g/mol. The second-order valence-corrected chi connectivity index (χ2v) is 9.15. The molecule has 0 aromatic heterocycles. The predicted octanol–water partition coefficient (Wildman–Crippen LogP) is -0.331. The first-order valence-corrected chi connectivity index (χ1v) is 11.1. The van der Waals surface area contributed by atoms with E-state index in [0.717, 1.165) is 9.80 Å². The van der Waals surface area contributed by atoms with E-state index < -0.39 is 28.7 Å². The van der Waals surface area contributed by atoms with Crippen molar-refractivity contribution >= 4 is 35.9 Å². The molecule has 0 radical (unpaired) electrons. The first-order valence-electron chi connectivity index (χ1n) is 11.1. The summed E-state index contributed by atoms with van der Waals surface area (Å²) in [6, 6.07) is 0. The van der Waals surface area contributed by atoms with Crippen LogP contribution in [-0.4, -0.2) is 83.6 Å². The Bertz CT molecular complexity index is 893. The summed E-state index contributed by atoms with van der Waals surface area (Å²) in [4.78, 5) is 72.1. The van der Waals surface area contributed by atoms with Crippen LogP contribution in [0.2, 0.25) is 0 Å². The highest BCUT2D eigenvalue weighted by molar-refractivity contribution is 6.13. The molecule has 2 aliphatic rings. The summed E-state index contributed by atoms with van der Waals surface area (Å²) in [6.07, 6.45) is 5.26. The Kier molecular flexibility index (Phi) is 8.86. The molecule has 0 aliphatic carbocycles. The summed E-state index contributed by atoms with van der Waals surface area (Å²) < 4.78 is 5.84. The normalized spacial score (nSPS) is 21.6.